The molecule has 2 unspecified atom stereocenters. The molecule has 0 radical (unpaired) electrons. The van der Waals surface area contributed by atoms with Crippen LogP contribution in [-0.4, -0.2) is 11.0 Å². The number of halogens is 1. The first-order chi connectivity index (χ1) is 6.29. The fraction of sp³-hybridized carbons (Fsp3) is 0.500. The Balaban J connectivity index is 1.92. The molecule has 1 heterocycles. The molecular weight excluding hydrogens is 184 g/mol. The number of rotatable bonds is 3. The van der Waals surface area contributed by atoms with Crippen LogP contribution < -0.4 is 5.32 Å². The van der Waals surface area contributed by atoms with Gasteiger partial charge in [0.15, 0.2) is 0 Å². The average molecular weight is 197 g/mol. The van der Waals surface area contributed by atoms with Crippen LogP contribution in [0.5, 0.6) is 0 Å². The maximum absolute atomic E-state index is 5.73. The molecule has 1 N–H and O–H groups in total. The monoisotopic (exact) mass is 196 g/mol. The molecule has 1 aromatic heterocycles. The van der Waals surface area contributed by atoms with Crippen molar-refractivity contribution in [2.24, 2.45) is 5.92 Å². The van der Waals surface area contributed by atoms with Crippen molar-refractivity contribution in [3.05, 3.63) is 23.4 Å². The van der Waals surface area contributed by atoms with Crippen molar-refractivity contribution in [2.45, 2.75) is 25.8 Å². The minimum Gasteiger partial charge on any atom is -0.367 e. The fourth-order valence-electron chi connectivity index (χ4n) is 1.53. The molecule has 0 amide bonds. The Hall–Kier alpha value is -0.760. The summed E-state index contributed by atoms with van der Waals surface area (Å²) < 4.78 is 0. The number of hydrogen-bond acceptors (Lipinski definition) is 2. The number of anilines is 1. The lowest BCUT2D eigenvalue weighted by atomic mass is 10.3. The van der Waals surface area contributed by atoms with E-state index in [0.29, 0.717) is 11.1 Å². The van der Waals surface area contributed by atoms with Crippen LogP contribution in [0, 0.1) is 5.92 Å². The van der Waals surface area contributed by atoms with Gasteiger partial charge in [0.25, 0.3) is 0 Å². The highest BCUT2D eigenvalue weighted by Gasteiger charge is 2.35. The van der Waals surface area contributed by atoms with Crippen LogP contribution in [0.3, 0.4) is 0 Å². The molecule has 0 aromatic carbocycles. The second-order valence-electron chi connectivity index (χ2n) is 3.52. The van der Waals surface area contributed by atoms with Crippen molar-refractivity contribution >= 4 is 17.4 Å². The molecule has 0 aliphatic heterocycles. The predicted octanol–water partition coefficient (Wildman–Crippen LogP) is 2.95. The van der Waals surface area contributed by atoms with Gasteiger partial charge in [-0.2, -0.15) is 0 Å². The van der Waals surface area contributed by atoms with E-state index in [1.54, 1.807) is 6.20 Å². The van der Waals surface area contributed by atoms with Crippen LogP contribution in [0.1, 0.15) is 19.8 Å². The van der Waals surface area contributed by atoms with Gasteiger partial charge in [-0.15, -0.1) is 0 Å². The smallest absolute Gasteiger partial charge is 0.126 e. The summed E-state index contributed by atoms with van der Waals surface area (Å²) in [6, 6.07) is 4.42. The zero-order valence-electron chi connectivity index (χ0n) is 7.63. The zero-order valence-corrected chi connectivity index (χ0v) is 8.38. The van der Waals surface area contributed by atoms with Gasteiger partial charge >= 0.3 is 0 Å². The van der Waals surface area contributed by atoms with E-state index >= 15 is 0 Å². The number of nitrogens with one attached hydrogen (secondary N) is 1. The van der Waals surface area contributed by atoms with Crippen molar-refractivity contribution in [3.8, 4) is 0 Å². The summed E-state index contributed by atoms with van der Waals surface area (Å²) in [5.41, 5.74) is 0. The molecule has 13 heavy (non-hydrogen) atoms. The normalized spacial score (nSPS) is 25.7. The molecule has 1 aliphatic rings. The summed E-state index contributed by atoms with van der Waals surface area (Å²) in [6.45, 7) is 2.22. The Morgan fingerprint density at radius 1 is 1.62 bits per heavy atom. The molecule has 2 atom stereocenters. The SMILES string of the molecule is CCC1CC1Nc1ccc(Cl)cn1. The third-order valence-electron chi connectivity index (χ3n) is 2.51. The van der Waals surface area contributed by atoms with Crippen molar-refractivity contribution < 1.29 is 0 Å². The third-order valence-corrected chi connectivity index (χ3v) is 2.73. The quantitative estimate of drug-likeness (QED) is 0.804. The summed E-state index contributed by atoms with van der Waals surface area (Å²) in [5, 5.41) is 4.06. The largest absolute Gasteiger partial charge is 0.367 e. The van der Waals surface area contributed by atoms with Crippen LogP contribution in [0.15, 0.2) is 18.3 Å². The standard InChI is InChI=1S/C10H13ClN2/c1-2-7-5-9(7)13-10-4-3-8(11)6-12-10/h3-4,6-7,9H,2,5H2,1H3,(H,12,13). The van der Waals surface area contributed by atoms with Crippen LogP contribution in [0.25, 0.3) is 0 Å². The second-order valence-corrected chi connectivity index (χ2v) is 3.95. The molecule has 1 fully saturated rings. The second kappa shape index (κ2) is 3.54. The fourth-order valence-corrected chi connectivity index (χ4v) is 1.64. The topological polar surface area (TPSA) is 24.9 Å². The lowest BCUT2D eigenvalue weighted by molar-refractivity contribution is 0.773. The van der Waals surface area contributed by atoms with Crippen molar-refractivity contribution in [3.63, 3.8) is 0 Å². The first-order valence-electron chi connectivity index (χ1n) is 4.67. The molecule has 70 valence electrons. The molecule has 1 aliphatic carbocycles. The van der Waals surface area contributed by atoms with Gasteiger partial charge in [-0.3, -0.25) is 0 Å². The Bertz CT molecular complexity index is 283. The van der Waals surface area contributed by atoms with Crippen LogP contribution >= 0.6 is 11.6 Å². The molecule has 0 saturated heterocycles. The first-order valence-corrected chi connectivity index (χ1v) is 5.05. The number of nitrogens with zero attached hydrogens (tertiary/aromatic N) is 1. The van der Waals surface area contributed by atoms with Crippen molar-refractivity contribution in [1.29, 1.82) is 0 Å². The molecule has 1 saturated carbocycles. The molecule has 0 bridgehead atoms. The van der Waals surface area contributed by atoms with E-state index in [0.717, 1.165) is 11.7 Å². The van der Waals surface area contributed by atoms with E-state index in [1.165, 1.54) is 12.8 Å². The Labute approximate surface area is 83.3 Å². The third kappa shape index (κ3) is 2.13. The maximum Gasteiger partial charge on any atom is 0.126 e. The van der Waals surface area contributed by atoms with Crippen molar-refractivity contribution in [2.75, 3.05) is 5.32 Å². The summed E-state index contributed by atoms with van der Waals surface area (Å²) in [6.07, 6.45) is 4.21. The lowest BCUT2D eigenvalue weighted by Crippen LogP contribution is -2.05. The van der Waals surface area contributed by atoms with Crippen LogP contribution in [0.2, 0.25) is 5.02 Å². The van der Waals surface area contributed by atoms with Gasteiger partial charge < -0.3 is 5.32 Å². The molecule has 2 rings (SSSR count). The minimum atomic E-state index is 0.638. The van der Waals surface area contributed by atoms with Gasteiger partial charge in [0.1, 0.15) is 5.82 Å². The molecule has 3 heteroatoms. The first kappa shape index (κ1) is 8.82. The van der Waals surface area contributed by atoms with E-state index in [9.17, 15) is 0 Å². The van der Waals surface area contributed by atoms with Crippen LogP contribution in [-0.2, 0) is 0 Å². The number of aromatic nitrogens is 1. The van der Waals surface area contributed by atoms with E-state index in [1.807, 2.05) is 12.1 Å². The van der Waals surface area contributed by atoms with Gasteiger partial charge in [0.05, 0.1) is 5.02 Å². The van der Waals surface area contributed by atoms with E-state index in [4.69, 9.17) is 11.6 Å². The lowest BCUT2D eigenvalue weighted by Gasteiger charge is -2.03. The Kier molecular flexibility index (Phi) is 2.40. The van der Waals surface area contributed by atoms with Crippen LogP contribution in [0.4, 0.5) is 5.82 Å². The van der Waals surface area contributed by atoms with E-state index in [2.05, 4.69) is 17.2 Å². The minimum absolute atomic E-state index is 0.638. The van der Waals surface area contributed by atoms with Gasteiger partial charge in [-0.05, 0) is 24.5 Å². The van der Waals surface area contributed by atoms with Gasteiger partial charge in [-0.25, -0.2) is 4.98 Å². The summed E-state index contributed by atoms with van der Waals surface area (Å²) in [7, 11) is 0. The summed E-state index contributed by atoms with van der Waals surface area (Å²) in [4.78, 5) is 4.18. The van der Waals surface area contributed by atoms with Gasteiger partial charge in [-0.1, -0.05) is 24.9 Å². The number of hydrogen-bond donors (Lipinski definition) is 1. The zero-order chi connectivity index (χ0) is 9.26. The summed E-state index contributed by atoms with van der Waals surface area (Å²) in [5.74, 6) is 1.78. The predicted molar refractivity (Wildman–Crippen MR) is 55.1 cm³/mol. The highest BCUT2D eigenvalue weighted by atomic mass is 35.5. The van der Waals surface area contributed by atoms with Gasteiger partial charge in [0.2, 0.25) is 0 Å². The Morgan fingerprint density at radius 3 is 3.00 bits per heavy atom. The van der Waals surface area contributed by atoms with Gasteiger partial charge in [0, 0.05) is 12.2 Å². The maximum atomic E-state index is 5.73. The Morgan fingerprint density at radius 2 is 2.46 bits per heavy atom. The molecular formula is C10H13ClN2. The number of pyridine rings is 1. The van der Waals surface area contributed by atoms with Crippen molar-refractivity contribution in [1.82, 2.24) is 4.98 Å². The highest BCUT2D eigenvalue weighted by Crippen LogP contribution is 2.35. The van der Waals surface area contributed by atoms with E-state index in [-0.39, 0.29) is 0 Å². The average Bonchev–Trinajstić information content (AvgIpc) is 2.88. The molecule has 2 nitrogen and oxygen atoms in total. The highest BCUT2D eigenvalue weighted by molar-refractivity contribution is 6.30. The molecule has 0 spiro atoms. The molecule has 1 aromatic rings. The van der Waals surface area contributed by atoms with E-state index < -0.39 is 0 Å². The summed E-state index contributed by atoms with van der Waals surface area (Å²) >= 11 is 5.73.